The molecule has 6 nitrogen and oxygen atoms in total. The van der Waals surface area contributed by atoms with Crippen molar-refractivity contribution in [3.05, 3.63) is 71.8 Å². The summed E-state index contributed by atoms with van der Waals surface area (Å²) in [5.41, 5.74) is 2.00. The van der Waals surface area contributed by atoms with Crippen molar-refractivity contribution in [1.82, 2.24) is 9.80 Å². The monoisotopic (exact) mass is 530 g/mol. The Morgan fingerprint density at radius 2 is 1.03 bits per heavy atom. The van der Waals surface area contributed by atoms with Crippen molar-refractivity contribution in [1.29, 1.82) is 0 Å². The first-order valence-corrected chi connectivity index (χ1v) is 14.3. The fraction of sp³-hybridized carbons (Fsp3) is 0.455. The largest absolute Gasteiger partial charge is 0.497 e. The molecule has 2 saturated heterocycles. The van der Waals surface area contributed by atoms with Crippen LogP contribution in [-0.2, 0) is 9.59 Å². The van der Waals surface area contributed by atoms with E-state index in [1.54, 1.807) is 26.4 Å². The van der Waals surface area contributed by atoms with Gasteiger partial charge in [0.1, 0.15) is 11.5 Å². The highest BCUT2D eigenvalue weighted by Gasteiger charge is 2.24. The Labute approximate surface area is 233 Å². The molecule has 0 unspecified atom stereocenters. The van der Waals surface area contributed by atoms with Gasteiger partial charge in [-0.1, -0.05) is 43.5 Å². The molecule has 0 atom stereocenters. The molecule has 2 heterocycles. The molecule has 2 aromatic carbocycles. The van der Waals surface area contributed by atoms with Crippen molar-refractivity contribution >= 4 is 24.0 Å². The smallest absolute Gasteiger partial charge is 0.246 e. The number of ether oxygens (including phenoxy) is 2. The Hall–Kier alpha value is -3.54. The van der Waals surface area contributed by atoms with Gasteiger partial charge in [-0.05, 0) is 85.1 Å². The van der Waals surface area contributed by atoms with Gasteiger partial charge in [0.15, 0.2) is 0 Å². The fourth-order valence-electron chi connectivity index (χ4n) is 5.56. The second kappa shape index (κ2) is 14.6. The number of hydrogen-bond acceptors (Lipinski definition) is 4. The highest BCUT2D eigenvalue weighted by atomic mass is 16.5. The van der Waals surface area contributed by atoms with E-state index in [2.05, 4.69) is 0 Å². The number of amides is 2. The van der Waals surface area contributed by atoms with Crippen molar-refractivity contribution in [2.75, 3.05) is 40.4 Å². The number of piperidine rings is 2. The van der Waals surface area contributed by atoms with E-state index in [-0.39, 0.29) is 11.8 Å². The summed E-state index contributed by atoms with van der Waals surface area (Å²) in [6, 6.07) is 15.4. The lowest BCUT2D eigenvalue weighted by Crippen LogP contribution is -2.38. The Bertz CT molecular complexity index is 1020. The normalized spacial score (nSPS) is 17.2. The minimum absolute atomic E-state index is 0.101. The zero-order chi connectivity index (χ0) is 27.5. The summed E-state index contributed by atoms with van der Waals surface area (Å²) in [5.74, 6) is 3.26. The zero-order valence-electron chi connectivity index (χ0n) is 23.4. The standard InChI is InChI=1S/C33H42N2O4/c1-38-30-12-6-28(7-13-30)10-16-32(36)34-22-18-26(19-23-34)4-3-5-27-20-24-35(25-21-27)33(37)17-11-29-8-14-31(39-2)15-9-29/h6-17,26-27H,3-5,18-25H2,1-2H3/b16-10+,17-11+. The highest BCUT2D eigenvalue weighted by Crippen LogP contribution is 2.28. The predicted molar refractivity (Wildman–Crippen MR) is 157 cm³/mol. The van der Waals surface area contributed by atoms with E-state index < -0.39 is 0 Å². The molecule has 0 radical (unpaired) electrons. The van der Waals surface area contributed by atoms with Crippen molar-refractivity contribution in [3.63, 3.8) is 0 Å². The van der Waals surface area contributed by atoms with E-state index in [9.17, 15) is 9.59 Å². The maximum Gasteiger partial charge on any atom is 0.246 e. The molecule has 208 valence electrons. The summed E-state index contributed by atoms with van der Waals surface area (Å²) < 4.78 is 10.4. The number of benzene rings is 2. The van der Waals surface area contributed by atoms with E-state index in [0.29, 0.717) is 11.8 Å². The quantitative estimate of drug-likeness (QED) is 0.350. The van der Waals surface area contributed by atoms with Gasteiger partial charge in [-0.3, -0.25) is 9.59 Å². The van der Waals surface area contributed by atoms with Crippen molar-refractivity contribution in [3.8, 4) is 11.5 Å². The number of rotatable bonds is 10. The minimum Gasteiger partial charge on any atom is -0.497 e. The number of carbonyl (C=O) groups is 2. The average molecular weight is 531 g/mol. The molecule has 0 aliphatic carbocycles. The van der Waals surface area contributed by atoms with E-state index in [1.165, 1.54) is 19.3 Å². The first kappa shape index (κ1) is 28.5. The lowest BCUT2D eigenvalue weighted by molar-refractivity contribution is -0.128. The Balaban J connectivity index is 1.09. The molecule has 2 amide bonds. The van der Waals surface area contributed by atoms with Crippen molar-refractivity contribution in [2.24, 2.45) is 11.8 Å². The van der Waals surface area contributed by atoms with Gasteiger partial charge in [-0.15, -0.1) is 0 Å². The van der Waals surface area contributed by atoms with Crippen molar-refractivity contribution < 1.29 is 19.1 Å². The van der Waals surface area contributed by atoms with Gasteiger partial charge in [0.25, 0.3) is 0 Å². The van der Waals surface area contributed by atoms with Gasteiger partial charge >= 0.3 is 0 Å². The first-order valence-electron chi connectivity index (χ1n) is 14.3. The van der Waals surface area contributed by atoms with Gasteiger partial charge in [-0.2, -0.15) is 0 Å². The topological polar surface area (TPSA) is 59.1 Å². The number of methoxy groups -OCH3 is 2. The number of hydrogen-bond donors (Lipinski definition) is 0. The van der Waals surface area contributed by atoms with Crippen LogP contribution in [0.2, 0.25) is 0 Å². The number of nitrogens with zero attached hydrogens (tertiary/aromatic N) is 2. The van der Waals surface area contributed by atoms with Crippen LogP contribution in [0.3, 0.4) is 0 Å². The van der Waals surface area contributed by atoms with Crippen LogP contribution in [0.25, 0.3) is 12.2 Å². The Kier molecular flexibility index (Phi) is 10.6. The summed E-state index contributed by atoms with van der Waals surface area (Å²) >= 11 is 0. The SMILES string of the molecule is COc1ccc(/C=C/C(=O)N2CCC(CCCC3CCN(C(=O)/C=C/c4ccc(OC)cc4)CC3)CC2)cc1. The van der Waals surface area contributed by atoms with Crippen LogP contribution in [0, 0.1) is 11.8 Å². The van der Waals surface area contributed by atoms with Crippen LogP contribution in [0.4, 0.5) is 0 Å². The molecule has 6 heteroatoms. The molecule has 39 heavy (non-hydrogen) atoms. The molecule has 0 saturated carbocycles. The highest BCUT2D eigenvalue weighted by molar-refractivity contribution is 5.92. The molecule has 0 bridgehead atoms. The van der Waals surface area contributed by atoms with E-state index in [4.69, 9.17) is 9.47 Å². The summed E-state index contributed by atoms with van der Waals surface area (Å²) in [6.07, 6.45) is 15.2. The fourth-order valence-corrected chi connectivity index (χ4v) is 5.56. The van der Waals surface area contributed by atoms with Crippen molar-refractivity contribution in [2.45, 2.75) is 44.9 Å². The van der Waals surface area contributed by atoms with Crippen LogP contribution < -0.4 is 9.47 Å². The average Bonchev–Trinajstić information content (AvgIpc) is 3.00. The van der Waals surface area contributed by atoms with Gasteiger partial charge in [-0.25, -0.2) is 0 Å². The molecule has 2 fully saturated rings. The Morgan fingerprint density at radius 3 is 1.36 bits per heavy atom. The van der Waals surface area contributed by atoms with Gasteiger partial charge in [0, 0.05) is 38.3 Å². The summed E-state index contributed by atoms with van der Waals surface area (Å²) in [6.45, 7) is 3.39. The molecular formula is C33H42N2O4. The van der Waals surface area contributed by atoms with Gasteiger partial charge in [0.2, 0.25) is 11.8 Å². The third kappa shape index (κ3) is 8.74. The van der Waals surface area contributed by atoms with E-state index >= 15 is 0 Å². The van der Waals surface area contributed by atoms with Gasteiger partial charge < -0.3 is 19.3 Å². The predicted octanol–water partition coefficient (Wildman–Crippen LogP) is 6.08. The second-order valence-corrected chi connectivity index (χ2v) is 10.7. The second-order valence-electron chi connectivity index (χ2n) is 10.7. The third-order valence-corrected chi connectivity index (χ3v) is 8.15. The maximum atomic E-state index is 12.6. The molecule has 2 aliphatic heterocycles. The Morgan fingerprint density at radius 1 is 0.667 bits per heavy atom. The first-order chi connectivity index (χ1) is 19.0. The maximum absolute atomic E-state index is 12.6. The van der Waals surface area contributed by atoms with Crippen LogP contribution >= 0.6 is 0 Å². The lowest BCUT2D eigenvalue weighted by atomic mass is 9.87. The summed E-state index contributed by atoms with van der Waals surface area (Å²) in [5, 5.41) is 0. The van der Waals surface area contributed by atoms with Crippen LogP contribution in [-0.4, -0.2) is 62.0 Å². The molecule has 2 aliphatic rings. The van der Waals surface area contributed by atoms with Gasteiger partial charge in [0.05, 0.1) is 14.2 Å². The number of carbonyl (C=O) groups excluding carboxylic acids is 2. The third-order valence-electron chi connectivity index (χ3n) is 8.15. The molecule has 0 aromatic heterocycles. The molecule has 2 aromatic rings. The van der Waals surface area contributed by atoms with E-state index in [1.807, 2.05) is 70.5 Å². The molecule has 0 N–H and O–H groups in total. The molecule has 4 rings (SSSR count). The van der Waals surface area contributed by atoms with Crippen LogP contribution in [0.15, 0.2) is 60.7 Å². The summed E-state index contributed by atoms with van der Waals surface area (Å²) in [4.78, 5) is 29.2. The molecule has 0 spiro atoms. The summed E-state index contributed by atoms with van der Waals surface area (Å²) in [7, 11) is 3.30. The number of likely N-dealkylation sites (tertiary alicyclic amines) is 2. The van der Waals surface area contributed by atoms with Crippen LogP contribution in [0.1, 0.15) is 56.1 Å². The molecular weight excluding hydrogens is 488 g/mol. The zero-order valence-corrected chi connectivity index (χ0v) is 23.4. The van der Waals surface area contributed by atoms with E-state index in [0.717, 1.165) is 74.5 Å². The minimum atomic E-state index is 0.101. The van der Waals surface area contributed by atoms with Crippen LogP contribution in [0.5, 0.6) is 11.5 Å². The lowest BCUT2D eigenvalue weighted by Gasteiger charge is -2.33.